The van der Waals surface area contributed by atoms with Crippen molar-refractivity contribution >= 4 is 17.7 Å². The van der Waals surface area contributed by atoms with Crippen LogP contribution in [0.25, 0.3) is 5.57 Å². The number of hydrogen-bond acceptors (Lipinski definition) is 6. The zero-order valence-corrected chi connectivity index (χ0v) is 14.9. The molecule has 1 heterocycles. The minimum Gasteiger partial charge on any atom is -0.388 e. The third-order valence-electron chi connectivity index (χ3n) is 5.12. The van der Waals surface area contributed by atoms with Gasteiger partial charge in [-0.1, -0.05) is 0 Å². The van der Waals surface area contributed by atoms with Crippen LogP contribution in [0.2, 0.25) is 0 Å². The first kappa shape index (κ1) is 18.7. The van der Waals surface area contributed by atoms with Gasteiger partial charge in [0, 0.05) is 30.9 Å². The second-order valence-electron chi connectivity index (χ2n) is 7.11. The maximum atomic E-state index is 14.6. The van der Waals surface area contributed by atoms with Crippen LogP contribution < -0.4 is 16.4 Å². The average molecular weight is 364 g/mol. The molecule has 0 amide bonds. The maximum Gasteiger partial charge on any atom is 0.223 e. The fourth-order valence-electron chi connectivity index (χ4n) is 3.39. The number of nitrogens with zero attached hydrogens (tertiary/aromatic N) is 2. The number of alkyl halides is 1. The molecule has 1 aromatic heterocycles. The molecule has 2 saturated carbocycles. The summed E-state index contributed by atoms with van der Waals surface area (Å²) in [6, 6.07) is 0.414. The summed E-state index contributed by atoms with van der Waals surface area (Å²) in [4.78, 5) is 8.25. The van der Waals surface area contributed by atoms with E-state index in [2.05, 4.69) is 20.6 Å². The maximum absolute atomic E-state index is 14.6. The standard InChI is InChI=1S/C18H26F2N6/c1-23-17(15(20)10-2-3-10)13(8-21)16-14(19)9-24-18(26-16)25-12-6-4-11(22)5-7-12/h8-12,15,21,23H,2-7,22H2,1H3,(H,24,25,26)/b17-13+,21-8?/t11-,12-,15?. The van der Waals surface area contributed by atoms with Crippen molar-refractivity contribution in [3.63, 3.8) is 0 Å². The minimum atomic E-state index is -1.25. The van der Waals surface area contributed by atoms with Crippen LogP contribution in [0.3, 0.4) is 0 Å². The Morgan fingerprint density at radius 2 is 2.00 bits per heavy atom. The molecule has 0 radical (unpaired) electrons. The van der Waals surface area contributed by atoms with E-state index >= 15 is 0 Å². The lowest BCUT2D eigenvalue weighted by Gasteiger charge is -2.26. The summed E-state index contributed by atoms with van der Waals surface area (Å²) in [5.74, 6) is -0.449. The number of rotatable bonds is 7. The monoisotopic (exact) mass is 364 g/mol. The Balaban J connectivity index is 1.86. The molecule has 6 nitrogen and oxygen atoms in total. The molecule has 5 N–H and O–H groups in total. The van der Waals surface area contributed by atoms with Crippen LogP contribution in [-0.4, -0.2) is 41.5 Å². The van der Waals surface area contributed by atoms with E-state index in [0.29, 0.717) is 5.95 Å². The summed E-state index contributed by atoms with van der Waals surface area (Å²) in [5, 5.41) is 13.7. The van der Waals surface area contributed by atoms with Crippen LogP contribution in [0.4, 0.5) is 14.7 Å². The van der Waals surface area contributed by atoms with Gasteiger partial charge in [0.15, 0.2) is 5.82 Å². The van der Waals surface area contributed by atoms with Crippen LogP contribution in [0.15, 0.2) is 11.9 Å². The van der Waals surface area contributed by atoms with E-state index in [9.17, 15) is 8.78 Å². The van der Waals surface area contributed by atoms with Crippen molar-refractivity contribution in [2.45, 2.75) is 56.8 Å². The Bertz CT molecular complexity index is 680. The smallest absolute Gasteiger partial charge is 0.223 e. The summed E-state index contributed by atoms with van der Waals surface area (Å²) in [6.45, 7) is 0. The quantitative estimate of drug-likeness (QED) is 0.558. The van der Waals surface area contributed by atoms with Gasteiger partial charge in [-0.3, -0.25) is 0 Å². The van der Waals surface area contributed by atoms with Crippen molar-refractivity contribution in [1.82, 2.24) is 15.3 Å². The van der Waals surface area contributed by atoms with E-state index in [1.54, 1.807) is 7.05 Å². The van der Waals surface area contributed by atoms with Crippen LogP contribution in [0.1, 0.15) is 44.2 Å². The van der Waals surface area contributed by atoms with Crippen LogP contribution in [0.5, 0.6) is 0 Å². The molecular formula is C18H26F2N6. The van der Waals surface area contributed by atoms with Crippen LogP contribution >= 0.6 is 0 Å². The van der Waals surface area contributed by atoms with Gasteiger partial charge < -0.3 is 21.8 Å². The second-order valence-corrected chi connectivity index (χ2v) is 7.11. The molecule has 2 aliphatic rings. The molecule has 0 aliphatic heterocycles. The highest BCUT2D eigenvalue weighted by Gasteiger charge is 2.35. The lowest BCUT2D eigenvalue weighted by atomic mass is 9.92. The Morgan fingerprint density at radius 3 is 2.58 bits per heavy atom. The molecule has 0 saturated heterocycles. The minimum absolute atomic E-state index is 0.0577. The zero-order valence-electron chi connectivity index (χ0n) is 14.9. The van der Waals surface area contributed by atoms with Gasteiger partial charge in [-0.2, -0.15) is 0 Å². The van der Waals surface area contributed by atoms with E-state index in [-0.39, 0.29) is 35.0 Å². The Labute approximate surface area is 152 Å². The number of nitrogens with two attached hydrogens (primary N) is 1. The molecule has 3 rings (SSSR count). The number of hydrogen-bond donors (Lipinski definition) is 4. The van der Waals surface area contributed by atoms with E-state index in [1.165, 1.54) is 0 Å². The highest BCUT2D eigenvalue weighted by atomic mass is 19.1. The number of allylic oxidation sites excluding steroid dienone is 2. The fraction of sp³-hybridized carbons (Fsp3) is 0.611. The molecule has 142 valence electrons. The summed E-state index contributed by atoms with van der Waals surface area (Å²) in [5.41, 5.74) is 6.19. The van der Waals surface area contributed by atoms with Crippen LogP contribution in [-0.2, 0) is 0 Å². The predicted molar refractivity (Wildman–Crippen MR) is 98.2 cm³/mol. The Morgan fingerprint density at radius 1 is 1.31 bits per heavy atom. The Hall–Kier alpha value is -2.09. The van der Waals surface area contributed by atoms with Gasteiger partial charge in [0.1, 0.15) is 11.9 Å². The van der Waals surface area contributed by atoms with E-state index in [4.69, 9.17) is 11.1 Å². The number of halogens is 2. The van der Waals surface area contributed by atoms with Gasteiger partial charge in [-0.15, -0.1) is 0 Å². The van der Waals surface area contributed by atoms with Gasteiger partial charge in [0.25, 0.3) is 0 Å². The molecule has 1 aromatic rings. The van der Waals surface area contributed by atoms with Crippen molar-refractivity contribution in [2.75, 3.05) is 12.4 Å². The lowest BCUT2D eigenvalue weighted by Crippen LogP contribution is -2.33. The molecule has 0 spiro atoms. The summed E-state index contributed by atoms with van der Waals surface area (Å²) >= 11 is 0. The number of anilines is 1. The summed E-state index contributed by atoms with van der Waals surface area (Å²) in [6.07, 6.45) is 6.04. The van der Waals surface area contributed by atoms with Crippen molar-refractivity contribution in [3.05, 3.63) is 23.4 Å². The molecule has 2 fully saturated rings. The number of aromatic nitrogens is 2. The third-order valence-corrected chi connectivity index (χ3v) is 5.12. The molecule has 2 aliphatic carbocycles. The summed E-state index contributed by atoms with van der Waals surface area (Å²) < 4.78 is 29.0. The highest BCUT2D eigenvalue weighted by Crippen LogP contribution is 2.38. The zero-order chi connectivity index (χ0) is 18.7. The van der Waals surface area contributed by atoms with Gasteiger partial charge in [0.05, 0.1) is 11.9 Å². The fourth-order valence-corrected chi connectivity index (χ4v) is 3.39. The number of nitrogens with one attached hydrogen (secondary N) is 3. The molecule has 0 aromatic carbocycles. The molecule has 1 unspecified atom stereocenters. The summed E-state index contributed by atoms with van der Waals surface area (Å²) in [7, 11) is 1.58. The highest BCUT2D eigenvalue weighted by molar-refractivity contribution is 6.09. The first-order valence-corrected chi connectivity index (χ1v) is 9.15. The molecule has 26 heavy (non-hydrogen) atoms. The average Bonchev–Trinajstić information content (AvgIpc) is 3.48. The molecule has 1 atom stereocenters. The first-order chi connectivity index (χ1) is 12.5. The van der Waals surface area contributed by atoms with Crippen molar-refractivity contribution in [3.8, 4) is 0 Å². The topological polar surface area (TPSA) is 99.7 Å². The normalized spacial score (nSPS) is 25.2. The SMILES string of the molecule is CN/C(=C(\C=N)c1nc(N[C@H]2CC[C@H](N)CC2)ncc1F)C(F)C1CC1. The van der Waals surface area contributed by atoms with Gasteiger partial charge in [-0.05, 0) is 44.4 Å². The van der Waals surface area contributed by atoms with Crippen molar-refractivity contribution in [1.29, 1.82) is 5.41 Å². The second kappa shape index (κ2) is 8.07. The van der Waals surface area contributed by atoms with E-state index in [1.807, 2.05) is 0 Å². The largest absolute Gasteiger partial charge is 0.388 e. The molecule has 0 bridgehead atoms. The van der Waals surface area contributed by atoms with Crippen molar-refractivity contribution in [2.24, 2.45) is 11.7 Å². The first-order valence-electron chi connectivity index (χ1n) is 9.15. The molecule has 8 heteroatoms. The predicted octanol–water partition coefficient (Wildman–Crippen LogP) is 2.63. The van der Waals surface area contributed by atoms with E-state index < -0.39 is 12.0 Å². The van der Waals surface area contributed by atoms with Crippen molar-refractivity contribution < 1.29 is 8.78 Å². The van der Waals surface area contributed by atoms with Gasteiger partial charge in [-0.25, -0.2) is 18.7 Å². The van der Waals surface area contributed by atoms with Gasteiger partial charge in [0.2, 0.25) is 5.95 Å². The molecular weight excluding hydrogens is 338 g/mol. The van der Waals surface area contributed by atoms with Gasteiger partial charge >= 0.3 is 0 Å². The Kier molecular flexibility index (Phi) is 5.80. The third kappa shape index (κ3) is 4.17. The lowest BCUT2D eigenvalue weighted by molar-refractivity contribution is 0.333. The van der Waals surface area contributed by atoms with Crippen LogP contribution in [0, 0.1) is 17.1 Å². The van der Waals surface area contributed by atoms with E-state index in [0.717, 1.165) is 50.9 Å².